The topological polar surface area (TPSA) is 57.6 Å². The van der Waals surface area contributed by atoms with E-state index in [1.807, 2.05) is 0 Å². The van der Waals surface area contributed by atoms with E-state index in [1.54, 1.807) is 6.92 Å². The summed E-state index contributed by atoms with van der Waals surface area (Å²) >= 11 is 4.06. The minimum absolute atomic E-state index is 0.0982. The van der Waals surface area contributed by atoms with Gasteiger partial charge in [0, 0.05) is 18.7 Å². The van der Waals surface area contributed by atoms with E-state index in [1.165, 1.54) is 4.90 Å². The first-order valence-corrected chi connectivity index (χ1v) is 5.36. The molecule has 0 unspecified atom stereocenters. The van der Waals surface area contributed by atoms with Gasteiger partial charge in [-0.1, -0.05) is 6.92 Å². The van der Waals surface area contributed by atoms with Crippen LogP contribution in [0, 0.1) is 0 Å². The Labute approximate surface area is 88.7 Å². The summed E-state index contributed by atoms with van der Waals surface area (Å²) in [6.07, 6.45) is 1.61. The molecule has 0 bridgehead atoms. The van der Waals surface area contributed by atoms with E-state index in [4.69, 9.17) is 5.11 Å². The summed E-state index contributed by atoms with van der Waals surface area (Å²) in [4.78, 5) is 24.1. The molecule has 0 aromatic carbocycles. The lowest BCUT2D eigenvalue weighted by molar-refractivity contribution is -0.154. The molecule has 0 aliphatic carbocycles. The predicted octanol–water partition coefficient (Wildman–Crippen LogP) is 0.772. The number of hydrogen-bond acceptors (Lipinski definition) is 3. The smallest absolute Gasteiger partial charge is 0.330 e. The van der Waals surface area contributed by atoms with Crippen LogP contribution in [0.4, 0.5) is 0 Å². The van der Waals surface area contributed by atoms with Crippen LogP contribution in [0.3, 0.4) is 0 Å². The maximum absolute atomic E-state index is 11.5. The minimum atomic E-state index is -1.06. The molecule has 1 fully saturated rings. The number of amides is 1. The van der Waals surface area contributed by atoms with Crippen LogP contribution in [0.2, 0.25) is 0 Å². The molecule has 1 aliphatic heterocycles. The maximum Gasteiger partial charge on any atom is 0.330 e. The van der Waals surface area contributed by atoms with Crippen LogP contribution < -0.4 is 0 Å². The van der Waals surface area contributed by atoms with E-state index in [0.29, 0.717) is 19.4 Å². The molecule has 1 rings (SSSR count). The number of carboxylic acid groups (broad SMARTS) is 1. The van der Waals surface area contributed by atoms with E-state index >= 15 is 0 Å². The molecule has 0 spiro atoms. The van der Waals surface area contributed by atoms with Crippen molar-refractivity contribution in [2.24, 2.45) is 0 Å². The number of hydrogen-bond donors (Lipinski definition) is 2. The van der Waals surface area contributed by atoms with Gasteiger partial charge in [0.15, 0.2) is 0 Å². The number of likely N-dealkylation sites (tertiary alicyclic amines) is 1. The van der Waals surface area contributed by atoms with Crippen LogP contribution in [0.5, 0.6) is 0 Å². The van der Waals surface area contributed by atoms with E-state index in [0.717, 1.165) is 6.42 Å². The molecule has 0 saturated carbocycles. The highest BCUT2D eigenvalue weighted by Gasteiger charge is 2.48. The van der Waals surface area contributed by atoms with Crippen molar-refractivity contribution in [3.63, 3.8) is 0 Å². The lowest BCUT2D eigenvalue weighted by atomic mass is 9.99. The second-order valence-electron chi connectivity index (χ2n) is 3.50. The van der Waals surface area contributed by atoms with Gasteiger partial charge < -0.3 is 10.0 Å². The van der Waals surface area contributed by atoms with Gasteiger partial charge in [-0.25, -0.2) is 4.79 Å². The van der Waals surface area contributed by atoms with Gasteiger partial charge in [-0.2, -0.15) is 12.6 Å². The molecule has 5 heteroatoms. The third kappa shape index (κ3) is 1.61. The molecule has 0 aromatic rings. The van der Waals surface area contributed by atoms with Crippen LogP contribution in [-0.4, -0.2) is 39.7 Å². The molecule has 1 N–H and O–H groups in total. The minimum Gasteiger partial charge on any atom is -0.479 e. The summed E-state index contributed by atoms with van der Waals surface area (Å²) < 4.78 is 0. The fraction of sp³-hybridized carbons (Fsp3) is 0.778. The summed E-state index contributed by atoms with van der Waals surface area (Å²) in [5.41, 5.74) is -1.06. The number of nitrogens with zero attached hydrogens (tertiary/aromatic N) is 1. The van der Waals surface area contributed by atoms with Gasteiger partial charge in [0.25, 0.3) is 0 Å². The first-order valence-electron chi connectivity index (χ1n) is 4.73. The third-order valence-electron chi connectivity index (χ3n) is 2.75. The molecule has 80 valence electrons. The van der Waals surface area contributed by atoms with Crippen LogP contribution in [0.25, 0.3) is 0 Å². The lowest BCUT2D eigenvalue weighted by Crippen LogP contribution is -2.54. The Bertz CT molecular complexity index is 256. The lowest BCUT2D eigenvalue weighted by Gasteiger charge is -2.33. The number of carbonyl (C=O) groups is 2. The molecule has 1 atom stereocenters. The highest BCUT2D eigenvalue weighted by molar-refractivity contribution is 7.80. The molecule has 4 nitrogen and oxygen atoms in total. The fourth-order valence-electron chi connectivity index (χ4n) is 1.89. The van der Waals surface area contributed by atoms with E-state index in [-0.39, 0.29) is 11.7 Å². The Balaban J connectivity index is 2.94. The molecule has 1 amide bonds. The number of carbonyl (C=O) groups excluding carboxylic acids is 1. The average molecular weight is 217 g/mol. The molecule has 0 aromatic heterocycles. The van der Waals surface area contributed by atoms with Crippen molar-refractivity contribution in [3.05, 3.63) is 0 Å². The number of rotatable bonds is 3. The molecule has 14 heavy (non-hydrogen) atoms. The average Bonchev–Trinajstić information content (AvgIpc) is 2.61. The van der Waals surface area contributed by atoms with Gasteiger partial charge in [0.2, 0.25) is 5.91 Å². The van der Waals surface area contributed by atoms with Crippen molar-refractivity contribution in [2.75, 3.05) is 12.3 Å². The predicted molar refractivity (Wildman–Crippen MR) is 55.5 cm³/mol. The van der Waals surface area contributed by atoms with E-state index < -0.39 is 11.5 Å². The van der Waals surface area contributed by atoms with Gasteiger partial charge >= 0.3 is 5.97 Å². The normalized spacial score (nSPS) is 26.6. The molecular formula is C9H15NO3S. The number of aliphatic carboxylic acids is 1. The Morgan fingerprint density at radius 2 is 2.21 bits per heavy atom. The van der Waals surface area contributed by atoms with Gasteiger partial charge in [0.1, 0.15) is 5.54 Å². The van der Waals surface area contributed by atoms with Crippen LogP contribution in [0.1, 0.15) is 26.2 Å². The highest BCUT2D eigenvalue weighted by atomic mass is 32.1. The van der Waals surface area contributed by atoms with E-state index in [9.17, 15) is 9.59 Å². The van der Waals surface area contributed by atoms with Crippen molar-refractivity contribution in [1.82, 2.24) is 4.90 Å². The molecule has 0 radical (unpaired) electrons. The first kappa shape index (κ1) is 11.4. The van der Waals surface area contributed by atoms with Crippen molar-refractivity contribution < 1.29 is 14.7 Å². The van der Waals surface area contributed by atoms with Crippen molar-refractivity contribution in [2.45, 2.75) is 31.7 Å². The van der Waals surface area contributed by atoms with Gasteiger partial charge in [-0.15, -0.1) is 0 Å². The standard InChI is InChI=1S/C9H15NO3S/c1-2-7(11)10-5-3-4-9(10,6-14)8(12)13/h14H,2-6H2,1H3,(H,12,13)/t9-/m1/s1. The second kappa shape index (κ2) is 4.21. The molecule has 1 heterocycles. The SMILES string of the molecule is CCC(=O)N1CCC[C@@]1(CS)C(=O)O. The van der Waals surface area contributed by atoms with Crippen LogP contribution >= 0.6 is 12.6 Å². The summed E-state index contributed by atoms with van der Waals surface area (Å²) in [5, 5.41) is 9.14. The Kier molecular flexibility index (Phi) is 3.42. The van der Waals surface area contributed by atoms with E-state index in [2.05, 4.69) is 12.6 Å². The van der Waals surface area contributed by atoms with Crippen molar-refractivity contribution >= 4 is 24.5 Å². The van der Waals surface area contributed by atoms with Gasteiger partial charge in [-0.3, -0.25) is 4.79 Å². The summed E-state index contributed by atoms with van der Waals surface area (Å²) in [7, 11) is 0. The van der Waals surface area contributed by atoms with Crippen molar-refractivity contribution in [3.8, 4) is 0 Å². The molecular weight excluding hydrogens is 202 g/mol. The first-order chi connectivity index (χ1) is 6.58. The van der Waals surface area contributed by atoms with Crippen LogP contribution in [0.15, 0.2) is 0 Å². The maximum atomic E-state index is 11.5. The monoisotopic (exact) mass is 217 g/mol. The zero-order valence-corrected chi connectivity index (χ0v) is 9.09. The Hall–Kier alpha value is -0.710. The van der Waals surface area contributed by atoms with Gasteiger partial charge in [0.05, 0.1) is 0 Å². The highest BCUT2D eigenvalue weighted by Crippen LogP contribution is 2.31. The summed E-state index contributed by atoms with van der Waals surface area (Å²) in [6, 6.07) is 0. The van der Waals surface area contributed by atoms with Gasteiger partial charge in [-0.05, 0) is 12.8 Å². The zero-order valence-electron chi connectivity index (χ0n) is 8.19. The third-order valence-corrected chi connectivity index (χ3v) is 3.28. The largest absolute Gasteiger partial charge is 0.479 e. The van der Waals surface area contributed by atoms with Crippen molar-refractivity contribution in [1.29, 1.82) is 0 Å². The Morgan fingerprint density at radius 3 is 2.64 bits per heavy atom. The summed E-state index contributed by atoms with van der Waals surface area (Å²) in [5.74, 6) is -0.848. The number of carboxylic acids is 1. The summed E-state index contributed by atoms with van der Waals surface area (Å²) in [6.45, 7) is 2.28. The number of thiol groups is 1. The molecule has 1 aliphatic rings. The zero-order chi connectivity index (χ0) is 10.8. The van der Waals surface area contributed by atoms with Crippen LogP contribution in [-0.2, 0) is 9.59 Å². The second-order valence-corrected chi connectivity index (χ2v) is 3.81. The Morgan fingerprint density at radius 1 is 1.57 bits per heavy atom. The quantitative estimate of drug-likeness (QED) is 0.687. The fourth-order valence-corrected chi connectivity index (χ4v) is 2.35. The molecule has 1 saturated heterocycles.